The van der Waals surface area contributed by atoms with Crippen LogP contribution in [0, 0.1) is 5.92 Å². The van der Waals surface area contributed by atoms with Gasteiger partial charge in [0.15, 0.2) is 0 Å². The highest BCUT2D eigenvalue weighted by atomic mass is 32.2. The molecule has 1 aliphatic heterocycles. The fraction of sp³-hybridized carbons (Fsp3) is 0.423. The molecule has 1 heterocycles. The number of aliphatic carboxylic acids is 1. The second-order valence-corrected chi connectivity index (χ2v) is 10.0. The maximum absolute atomic E-state index is 12.5. The van der Waals surface area contributed by atoms with Crippen LogP contribution in [0.5, 0.6) is 11.5 Å². The van der Waals surface area contributed by atoms with Gasteiger partial charge in [-0.1, -0.05) is 6.07 Å². The van der Waals surface area contributed by atoms with Crippen LogP contribution in [0.15, 0.2) is 47.4 Å². The summed E-state index contributed by atoms with van der Waals surface area (Å²) in [5.41, 5.74) is 1.65. The van der Waals surface area contributed by atoms with Crippen LogP contribution in [0.3, 0.4) is 0 Å². The molecule has 35 heavy (non-hydrogen) atoms. The van der Waals surface area contributed by atoms with E-state index in [2.05, 4.69) is 10.6 Å². The van der Waals surface area contributed by atoms with Crippen LogP contribution in [-0.2, 0) is 16.0 Å². The zero-order chi connectivity index (χ0) is 24.8. The quantitative estimate of drug-likeness (QED) is 0.455. The van der Waals surface area contributed by atoms with Crippen molar-refractivity contribution in [2.75, 3.05) is 20.2 Å². The Bertz CT molecular complexity index is 1070. The molecule has 0 saturated heterocycles. The zero-order valence-electron chi connectivity index (χ0n) is 19.6. The first-order valence-corrected chi connectivity index (χ1v) is 12.7. The van der Waals surface area contributed by atoms with E-state index in [1.54, 1.807) is 31.4 Å². The second-order valence-electron chi connectivity index (χ2n) is 8.79. The molecule has 1 fully saturated rings. The van der Waals surface area contributed by atoms with Crippen molar-refractivity contribution >= 4 is 29.5 Å². The Balaban J connectivity index is 1.15. The molecular formula is C26H30N2O6S. The highest BCUT2D eigenvalue weighted by Gasteiger charge is 2.29. The lowest BCUT2D eigenvalue weighted by Gasteiger charge is -2.26. The van der Waals surface area contributed by atoms with Crippen LogP contribution in [0.25, 0.3) is 0 Å². The summed E-state index contributed by atoms with van der Waals surface area (Å²) >= 11 is 1.53. The summed E-state index contributed by atoms with van der Waals surface area (Å²) in [7, 11) is 1.62. The summed E-state index contributed by atoms with van der Waals surface area (Å²) in [6.45, 7) is 0.676. The van der Waals surface area contributed by atoms with E-state index in [-0.39, 0.29) is 29.1 Å². The highest BCUT2D eigenvalue weighted by molar-refractivity contribution is 8.01. The van der Waals surface area contributed by atoms with Crippen molar-refractivity contribution in [1.29, 1.82) is 0 Å². The van der Waals surface area contributed by atoms with Gasteiger partial charge in [-0.3, -0.25) is 14.4 Å². The van der Waals surface area contributed by atoms with Gasteiger partial charge in [0.05, 0.1) is 24.4 Å². The van der Waals surface area contributed by atoms with Gasteiger partial charge in [0, 0.05) is 23.5 Å². The standard InChI is InChI=1S/C26H30N2O6S/c1-33-21-11-6-18-14-23(35-22(18)15-21)25(30)28-13-12-27-24(29)16-2-7-19(8-3-16)34-20-9-4-17(5-10-20)26(31)32/h2-3,6-8,11,15,17,20,23H,4-5,9-10,12-14H2,1H3,(H,27,29)(H,28,30)(H,31,32). The first-order chi connectivity index (χ1) is 16.9. The minimum Gasteiger partial charge on any atom is -0.497 e. The minimum absolute atomic E-state index is 0.00161. The molecule has 1 atom stereocenters. The van der Waals surface area contributed by atoms with Crippen LogP contribution >= 0.6 is 11.8 Å². The normalized spacial score (nSPS) is 21.0. The molecule has 8 nitrogen and oxygen atoms in total. The van der Waals surface area contributed by atoms with Gasteiger partial charge in [-0.15, -0.1) is 11.8 Å². The Hall–Kier alpha value is -3.20. The van der Waals surface area contributed by atoms with E-state index in [1.807, 2.05) is 18.2 Å². The van der Waals surface area contributed by atoms with Gasteiger partial charge >= 0.3 is 5.97 Å². The van der Waals surface area contributed by atoms with Crippen LogP contribution in [0.1, 0.15) is 41.6 Å². The number of fused-ring (bicyclic) bond motifs is 1. The largest absolute Gasteiger partial charge is 0.497 e. The smallest absolute Gasteiger partial charge is 0.306 e. The molecule has 3 N–H and O–H groups in total. The van der Waals surface area contributed by atoms with Gasteiger partial charge in [0.2, 0.25) is 5.91 Å². The molecule has 9 heteroatoms. The average Bonchev–Trinajstić information content (AvgIpc) is 3.30. The molecule has 0 radical (unpaired) electrons. The van der Waals surface area contributed by atoms with Crippen molar-refractivity contribution in [3.05, 3.63) is 53.6 Å². The molecule has 0 bridgehead atoms. The van der Waals surface area contributed by atoms with Crippen molar-refractivity contribution in [2.24, 2.45) is 5.92 Å². The number of carbonyl (C=O) groups is 3. The molecule has 1 aliphatic carbocycles. The lowest BCUT2D eigenvalue weighted by molar-refractivity contribution is -0.143. The van der Waals surface area contributed by atoms with E-state index in [9.17, 15) is 14.4 Å². The maximum atomic E-state index is 12.5. The number of hydrogen-bond donors (Lipinski definition) is 3. The highest BCUT2D eigenvalue weighted by Crippen LogP contribution is 2.39. The molecule has 2 aliphatic rings. The van der Waals surface area contributed by atoms with Gasteiger partial charge in [0.25, 0.3) is 5.91 Å². The molecule has 1 unspecified atom stereocenters. The third kappa shape index (κ3) is 6.48. The predicted octanol–water partition coefficient (Wildman–Crippen LogP) is 3.28. The molecule has 2 aromatic rings. The number of carbonyl (C=O) groups excluding carboxylic acids is 2. The molecule has 0 aromatic heterocycles. The van der Waals surface area contributed by atoms with E-state index in [0.29, 0.717) is 56.5 Å². The number of ether oxygens (including phenoxy) is 2. The van der Waals surface area contributed by atoms with E-state index in [1.165, 1.54) is 11.8 Å². The average molecular weight is 499 g/mol. The number of carboxylic acids is 1. The molecule has 1 saturated carbocycles. The van der Waals surface area contributed by atoms with Crippen LogP contribution in [0.4, 0.5) is 0 Å². The number of rotatable bonds is 9. The predicted molar refractivity (Wildman–Crippen MR) is 132 cm³/mol. The Morgan fingerprint density at radius 3 is 2.34 bits per heavy atom. The number of thioether (sulfide) groups is 1. The summed E-state index contributed by atoms with van der Waals surface area (Å²) in [4.78, 5) is 37.1. The molecule has 4 rings (SSSR count). The minimum atomic E-state index is -0.734. The lowest BCUT2D eigenvalue weighted by atomic mass is 9.87. The Morgan fingerprint density at radius 2 is 1.66 bits per heavy atom. The number of amides is 2. The molecule has 2 amide bonds. The van der Waals surface area contributed by atoms with Gasteiger partial charge in [0.1, 0.15) is 11.5 Å². The fourth-order valence-electron chi connectivity index (χ4n) is 4.36. The van der Waals surface area contributed by atoms with Crippen molar-refractivity contribution in [3.8, 4) is 11.5 Å². The molecule has 0 spiro atoms. The van der Waals surface area contributed by atoms with Crippen molar-refractivity contribution in [3.63, 3.8) is 0 Å². The number of benzene rings is 2. The topological polar surface area (TPSA) is 114 Å². The van der Waals surface area contributed by atoms with Gasteiger partial charge in [-0.2, -0.15) is 0 Å². The van der Waals surface area contributed by atoms with Crippen LogP contribution < -0.4 is 20.1 Å². The fourth-order valence-corrected chi connectivity index (χ4v) is 5.61. The first-order valence-electron chi connectivity index (χ1n) is 11.8. The number of hydrogen-bond acceptors (Lipinski definition) is 6. The summed E-state index contributed by atoms with van der Waals surface area (Å²) in [5.74, 6) is 0.175. The Labute approximate surface area is 208 Å². The van der Waals surface area contributed by atoms with E-state index >= 15 is 0 Å². The number of methoxy groups -OCH3 is 1. The monoisotopic (exact) mass is 498 g/mol. The van der Waals surface area contributed by atoms with Crippen LogP contribution in [0.2, 0.25) is 0 Å². The molecule has 2 aromatic carbocycles. The SMILES string of the molecule is COc1ccc2c(c1)SC(C(=O)NCCNC(=O)c1ccc(OC3CCC(C(=O)O)CC3)cc1)C2. The van der Waals surface area contributed by atoms with Gasteiger partial charge in [-0.05, 0) is 74.1 Å². The summed E-state index contributed by atoms with van der Waals surface area (Å²) in [6.07, 6.45) is 3.35. The van der Waals surface area contributed by atoms with E-state index < -0.39 is 5.97 Å². The van der Waals surface area contributed by atoms with E-state index in [4.69, 9.17) is 14.6 Å². The zero-order valence-corrected chi connectivity index (χ0v) is 20.4. The molecular weight excluding hydrogens is 468 g/mol. The van der Waals surface area contributed by atoms with Crippen molar-refractivity contribution in [2.45, 2.75) is 48.4 Å². The second kappa shape index (κ2) is 11.5. The maximum Gasteiger partial charge on any atom is 0.306 e. The lowest BCUT2D eigenvalue weighted by Crippen LogP contribution is -2.38. The summed E-state index contributed by atoms with van der Waals surface area (Å²) in [5, 5.41) is 14.6. The Morgan fingerprint density at radius 1 is 0.971 bits per heavy atom. The first kappa shape index (κ1) is 24.9. The van der Waals surface area contributed by atoms with Crippen molar-refractivity contribution in [1.82, 2.24) is 10.6 Å². The van der Waals surface area contributed by atoms with Gasteiger partial charge in [-0.25, -0.2) is 0 Å². The van der Waals surface area contributed by atoms with E-state index in [0.717, 1.165) is 16.2 Å². The Kier molecular flexibility index (Phi) is 8.17. The summed E-state index contributed by atoms with van der Waals surface area (Å²) < 4.78 is 11.2. The summed E-state index contributed by atoms with van der Waals surface area (Å²) in [6, 6.07) is 12.8. The third-order valence-electron chi connectivity index (χ3n) is 6.39. The number of carboxylic acid groups (broad SMARTS) is 1. The van der Waals surface area contributed by atoms with Crippen molar-refractivity contribution < 1.29 is 29.0 Å². The number of nitrogens with one attached hydrogen (secondary N) is 2. The van der Waals surface area contributed by atoms with Crippen LogP contribution in [-0.4, -0.2) is 54.4 Å². The third-order valence-corrected chi connectivity index (χ3v) is 7.69. The van der Waals surface area contributed by atoms with Gasteiger partial charge < -0.3 is 25.2 Å². The molecule has 186 valence electrons.